The number of rotatable bonds is 4. The van der Waals surface area contributed by atoms with E-state index in [1.54, 1.807) is 20.8 Å². The normalized spacial score (nSPS) is 14.7. The third-order valence-corrected chi connectivity index (χ3v) is 3.57. The number of hydroxylamine groups is 2. The van der Waals surface area contributed by atoms with Gasteiger partial charge in [-0.05, 0) is 20.8 Å². The first kappa shape index (κ1) is 17.9. The third-order valence-electron chi connectivity index (χ3n) is 2.72. The molecule has 3 amide bonds. The predicted molar refractivity (Wildman–Crippen MR) is 81.7 cm³/mol. The van der Waals surface area contributed by atoms with E-state index < -0.39 is 29.5 Å². The Bertz CT molecular complexity index is 662. The van der Waals surface area contributed by atoms with Crippen LogP contribution in [0.15, 0.2) is 5.38 Å². The van der Waals surface area contributed by atoms with Gasteiger partial charge < -0.3 is 14.9 Å². The summed E-state index contributed by atoms with van der Waals surface area (Å²) in [6.45, 7) is 5.30. The van der Waals surface area contributed by atoms with Crippen LogP contribution in [0.3, 0.4) is 0 Å². The first-order valence-corrected chi connectivity index (χ1v) is 8.03. The molecular formula is C14H17N3O6S. The van der Waals surface area contributed by atoms with E-state index in [4.69, 9.17) is 9.57 Å². The Morgan fingerprint density at radius 1 is 1.29 bits per heavy atom. The molecule has 0 bridgehead atoms. The molecule has 0 aromatic carbocycles. The molecule has 0 radical (unpaired) electrons. The summed E-state index contributed by atoms with van der Waals surface area (Å²) in [5.41, 5.74) is -0.662. The molecule has 1 N–H and O–H groups in total. The number of imide groups is 1. The van der Waals surface area contributed by atoms with E-state index in [1.165, 1.54) is 5.38 Å². The minimum absolute atomic E-state index is 0.0221. The highest BCUT2D eigenvalue weighted by Crippen LogP contribution is 2.16. The minimum Gasteiger partial charge on any atom is -0.444 e. The molecule has 1 fully saturated rings. The van der Waals surface area contributed by atoms with Gasteiger partial charge in [0.25, 0.3) is 11.8 Å². The second-order valence-corrected chi connectivity index (χ2v) is 6.89. The molecule has 0 unspecified atom stereocenters. The first-order valence-electron chi connectivity index (χ1n) is 7.15. The third kappa shape index (κ3) is 4.75. The summed E-state index contributed by atoms with van der Waals surface area (Å²) in [7, 11) is 0. The zero-order valence-electron chi connectivity index (χ0n) is 13.5. The van der Waals surface area contributed by atoms with Gasteiger partial charge in [-0.25, -0.2) is 14.6 Å². The number of nitrogens with zero attached hydrogens (tertiary/aromatic N) is 2. The summed E-state index contributed by atoms with van der Waals surface area (Å²) in [5, 5.41) is 4.84. The number of ether oxygens (including phenoxy) is 1. The molecule has 0 atom stereocenters. The fraction of sp³-hybridized carbons (Fsp3) is 0.500. The van der Waals surface area contributed by atoms with Crippen molar-refractivity contribution in [2.24, 2.45) is 0 Å². The number of hydrogen-bond acceptors (Lipinski definition) is 8. The Labute approximate surface area is 141 Å². The highest BCUT2D eigenvalue weighted by Gasteiger charge is 2.33. The van der Waals surface area contributed by atoms with Crippen LogP contribution in [0.1, 0.15) is 49.1 Å². The van der Waals surface area contributed by atoms with Crippen LogP contribution in [0, 0.1) is 0 Å². The lowest BCUT2D eigenvalue weighted by atomic mass is 10.2. The molecule has 130 valence electrons. The monoisotopic (exact) mass is 355 g/mol. The van der Waals surface area contributed by atoms with Gasteiger partial charge in [0.15, 0.2) is 5.69 Å². The average Bonchev–Trinajstić information content (AvgIpc) is 3.05. The molecule has 0 saturated carbocycles. The number of alkyl carbamates (subject to hydrolysis) is 1. The zero-order valence-corrected chi connectivity index (χ0v) is 14.3. The lowest BCUT2D eigenvalue weighted by Gasteiger charge is -2.19. The average molecular weight is 355 g/mol. The molecule has 1 aromatic rings. The van der Waals surface area contributed by atoms with Crippen molar-refractivity contribution in [1.29, 1.82) is 0 Å². The molecular weight excluding hydrogens is 338 g/mol. The van der Waals surface area contributed by atoms with Crippen molar-refractivity contribution in [2.75, 3.05) is 0 Å². The van der Waals surface area contributed by atoms with Crippen molar-refractivity contribution < 1.29 is 28.8 Å². The maximum Gasteiger partial charge on any atom is 0.408 e. The fourth-order valence-corrected chi connectivity index (χ4v) is 2.44. The fourth-order valence-electron chi connectivity index (χ4n) is 1.74. The Hall–Kier alpha value is -2.49. The summed E-state index contributed by atoms with van der Waals surface area (Å²) >= 11 is 1.13. The van der Waals surface area contributed by atoms with Crippen LogP contribution < -0.4 is 5.32 Å². The summed E-state index contributed by atoms with van der Waals surface area (Å²) in [6.07, 6.45) is -0.558. The second kappa shape index (κ2) is 6.95. The molecule has 1 aliphatic heterocycles. The van der Waals surface area contributed by atoms with Crippen LogP contribution >= 0.6 is 11.3 Å². The molecule has 9 nitrogen and oxygen atoms in total. The van der Waals surface area contributed by atoms with Gasteiger partial charge in [0.2, 0.25) is 0 Å². The number of carbonyl (C=O) groups excluding carboxylic acids is 4. The van der Waals surface area contributed by atoms with E-state index in [1.807, 2.05) is 0 Å². The molecule has 2 rings (SSSR count). The van der Waals surface area contributed by atoms with Gasteiger partial charge in [-0.3, -0.25) is 9.59 Å². The van der Waals surface area contributed by atoms with Gasteiger partial charge in [0, 0.05) is 18.2 Å². The number of amides is 3. The van der Waals surface area contributed by atoms with Crippen LogP contribution in [-0.2, 0) is 25.7 Å². The number of thiazole rings is 1. The number of nitrogens with one attached hydrogen (secondary N) is 1. The lowest BCUT2D eigenvalue weighted by molar-refractivity contribution is -0.172. The standard InChI is InChI=1S/C14H17N3O6S/c1-14(2,3)22-13(21)15-6-9-16-8(7-24-9)12(20)23-17-10(18)4-5-11(17)19/h7H,4-6H2,1-3H3,(H,15,21). The van der Waals surface area contributed by atoms with E-state index in [9.17, 15) is 19.2 Å². The Morgan fingerprint density at radius 2 is 1.92 bits per heavy atom. The van der Waals surface area contributed by atoms with E-state index in [-0.39, 0.29) is 25.1 Å². The van der Waals surface area contributed by atoms with Crippen LogP contribution in [0.5, 0.6) is 0 Å². The highest BCUT2D eigenvalue weighted by atomic mass is 32.1. The van der Waals surface area contributed by atoms with Crippen molar-refractivity contribution in [1.82, 2.24) is 15.4 Å². The Balaban J connectivity index is 1.88. The summed E-state index contributed by atoms with van der Waals surface area (Å²) < 4.78 is 5.08. The van der Waals surface area contributed by atoms with Gasteiger partial charge in [0.05, 0.1) is 6.54 Å². The summed E-state index contributed by atoms with van der Waals surface area (Å²) in [4.78, 5) is 55.0. The van der Waals surface area contributed by atoms with Crippen molar-refractivity contribution >= 4 is 35.2 Å². The highest BCUT2D eigenvalue weighted by molar-refractivity contribution is 7.09. The lowest BCUT2D eigenvalue weighted by Crippen LogP contribution is -2.32. The molecule has 0 aliphatic carbocycles. The van der Waals surface area contributed by atoms with Gasteiger partial charge in [-0.1, -0.05) is 0 Å². The van der Waals surface area contributed by atoms with E-state index in [0.29, 0.717) is 10.1 Å². The van der Waals surface area contributed by atoms with Crippen molar-refractivity contribution in [3.05, 3.63) is 16.1 Å². The predicted octanol–water partition coefficient (Wildman–Crippen LogP) is 1.39. The maximum absolute atomic E-state index is 11.9. The smallest absolute Gasteiger partial charge is 0.408 e. The largest absolute Gasteiger partial charge is 0.444 e. The van der Waals surface area contributed by atoms with Gasteiger partial charge in [0.1, 0.15) is 10.6 Å². The van der Waals surface area contributed by atoms with Crippen LogP contribution in [-0.4, -0.2) is 39.5 Å². The molecule has 10 heteroatoms. The second-order valence-electron chi connectivity index (χ2n) is 5.94. The Morgan fingerprint density at radius 3 is 2.50 bits per heavy atom. The zero-order chi connectivity index (χ0) is 17.9. The van der Waals surface area contributed by atoms with E-state index in [2.05, 4.69) is 10.3 Å². The van der Waals surface area contributed by atoms with Gasteiger partial charge in [-0.15, -0.1) is 16.4 Å². The van der Waals surface area contributed by atoms with Crippen LogP contribution in [0.4, 0.5) is 4.79 Å². The number of hydrogen-bond donors (Lipinski definition) is 1. The first-order chi connectivity index (χ1) is 11.2. The number of carbonyl (C=O) groups is 4. The molecule has 0 spiro atoms. The molecule has 1 aliphatic rings. The quantitative estimate of drug-likeness (QED) is 0.811. The topological polar surface area (TPSA) is 115 Å². The Kier molecular flexibility index (Phi) is 5.17. The number of aromatic nitrogens is 1. The SMILES string of the molecule is CC(C)(C)OC(=O)NCc1nc(C(=O)ON2C(=O)CCC2=O)cs1. The maximum atomic E-state index is 11.9. The van der Waals surface area contributed by atoms with Gasteiger partial charge in [-0.2, -0.15) is 0 Å². The summed E-state index contributed by atoms with van der Waals surface area (Å²) in [5.74, 6) is -2.02. The van der Waals surface area contributed by atoms with Crippen LogP contribution in [0.25, 0.3) is 0 Å². The summed E-state index contributed by atoms with van der Waals surface area (Å²) in [6, 6.07) is 0. The van der Waals surface area contributed by atoms with Crippen molar-refractivity contribution in [3.8, 4) is 0 Å². The molecule has 1 saturated heterocycles. The van der Waals surface area contributed by atoms with Crippen molar-refractivity contribution in [2.45, 2.75) is 45.8 Å². The van der Waals surface area contributed by atoms with E-state index >= 15 is 0 Å². The van der Waals surface area contributed by atoms with Crippen molar-refractivity contribution in [3.63, 3.8) is 0 Å². The minimum atomic E-state index is -0.904. The molecule has 2 heterocycles. The molecule has 24 heavy (non-hydrogen) atoms. The molecule has 1 aromatic heterocycles. The van der Waals surface area contributed by atoms with Crippen LogP contribution in [0.2, 0.25) is 0 Å². The van der Waals surface area contributed by atoms with E-state index in [0.717, 1.165) is 11.3 Å². The van der Waals surface area contributed by atoms with Gasteiger partial charge >= 0.3 is 12.1 Å².